The average Bonchev–Trinajstić information content (AvgIpc) is 3.02. The molecule has 3 aromatic rings. The number of amides is 1. The second-order valence-corrected chi connectivity index (χ2v) is 7.22. The zero-order valence-corrected chi connectivity index (χ0v) is 14.3. The van der Waals surface area contributed by atoms with E-state index >= 15 is 0 Å². The van der Waals surface area contributed by atoms with Crippen molar-refractivity contribution in [1.29, 1.82) is 0 Å². The number of benzene rings is 2. The zero-order chi connectivity index (χ0) is 17.1. The molecule has 24 heavy (non-hydrogen) atoms. The summed E-state index contributed by atoms with van der Waals surface area (Å²) < 4.78 is 1.94. The van der Waals surface area contributed by atoms with Gasteiger partial charge in [0.25, 0.3) is 5.69 Å². The molecule has 0 saturated heterocycles. The van der Waals surface area contributed by atoms with Gasteiger partial charge < -0.3 is 4.90 Å². The van der Waals surface area contributed by atoms with E-state index in [1.54, 1.807) is 30.5 Å². The van der Waals surface area contributed by atoms with Crippen molar-refractivity contribution in [2.45, 2.75) is 4.34 Å². The normalized spacial score (nSPS) is 10.7. The van der Waals surface area contributed by atoms with E-state index in [0.717, 1.165) is 14.6 Å². The highest BCUT2D eigenvalue weighted by atomic mass is 32.2. The molecule has 0 aliphatic rings. The summed E-state index contributed by atoms with van der Waals surface area (Å²) in [6.45, 7) is 0. The Kier molecular flexibility index (Phi) is 4.77. The van der Waals surface area contributed by atoms with E-state index in [9.17, 15) is 14.9 Å². The van der Waals surface area contributed by atoms with Crippen LogP contribution in [0.1, 0.15) is 0 Å². The van der Waals surface area contributed by atoms with Gasteiger partial charge in [0.2, 0.25) is 5.91 Å². The Hall–Kier alpha value is -2.45. The lowest BCUT2D eigenvalue weighted by molar-refractivity contribution is -0.384. The van der Waals surface area contributed by atoms with Gasteiger partial charge in [0.05, 0.1) is 20.9 Å². The van der Waals surface area contributed by atoms with Gasteiger partial charge in [-0.05, 0) is 24.3 Å². The summed E-state index contributed by atoms with van der Waals surface area (Å²) in [5.41, 5.74) is 1.56. The molecule has 3 rings (SSSR count). The first-order valence-electron chi connectivity index (χ1n) is 7.04. The SMILES string of the molecule is CN(C(=O)CSc1nc2ccccc2s1)c1ccc([N+](=O)[O-])cc1. The van der Waals surface area contributed by atoms with Crippen LogP contribution in [0.25, 0.3) is 10.2 Å². The molecule has 0 unspecified atom stereocenters. The standard InChI is InChI=1S/C16H13N3O3S2/c1-18(11-6-8-12(9-7-11)19(21)22)15(20)10-23-16-17-13-4-2-3-5-14(13)24-16/h2-9H,10H2,1H3. The van der Waals surface area contributed by atoms with Gasteiger partial charge in [-0.25, -0.2) is 4.98 Å². The van der Waals surface area contributed by atoms with Crippen molar-refractivity contribution in [2.24, 2.45) is 0 Å². The number of aromatic nitrogens is 1. The van der Waals surface area contributed by atoms with Crippen LogP contribution in [0.4, 0.5) is 11.4 Å². The van der Waals surface area contributed by atoms with Crippen molar-refractivity contribution < 1.29 is 9.72 Å². The molecule has 0 aliphatic heterocycles. The number of nitrogens with zero attached hydrogens (tertiary/aromatic N) is 3. The molecule has 2 aromatic carbocycles. The Labute approximate surface area is 146 Å². The summed E-state index contributed by atoms with van der Waals surface area (Å²) in [5.74, 6) is 0.168. The molecule has 6 nitrogen and oxygen atoms in total. The summed E-state index contributed by atoms with van der Waals surface area (Å²) in [6, 6.07) is 13.8. The first kappa shape index (κ1) is 16.4. The summed E-state index contributed by atoms with van der Waals surface area (Å²) in [6.07, 6.45) is 0. The van der Waals surface area contributed by atoms with Crippen LogP contribution in [0.5, 0.6) is 0 Å². The molecular formula is C16H13N3O3S2. The molecule has 122 valence electrons. The minimum absolute atomic E-state index is 0.00319. The van der Waals surface area contributed by atoms with Gasteiger partial charge in [-0.1, -0.05) is 23.9 Å². The molecule has 0 saturated carbocycles. The fraction of sp³-hybridized carbons (Fsp3) is 0.125. The first-order chi connectivity index (χ1) is 11.5. The molecule has 0 spiro atoms. The predicted molar refractivity (Wildman–Crippen MR) is 96.9 cm³/mol. The van der Waals surface area contributed by atoms with E-state index in [-0.39, 0.29) is 17.3 Å². The van der Waals surface area contributed by atoms with E-state index in [1.807, 2.05) is 24.3 Å². The maximum absolute atomic E-state index is 12.3. The van der Waals surface area contributed by atoms with E-state index in [4.69, 9.17) is 0 Å². The topological polar surface area (TPSA) is 76.3 Å². The fourth-order valence-electron chi connectivity index (χ4n) is 2.08. The molecule has 0 fully saturated rings. The third-order valence-electron chi connectivity index (χ3n) is 3.42. The van der Waals surface area contributed by atoms with Gasteiger partial charge in [-0.15, -0.1) is 11.3 Å². The second-order valence-electron chi connectivity index (χ2n) is 4.96. The number of thiazole rings is 1. The average molecular weight is 359 g/mol. The van der Waals surface area contributed by atoms with Crippen molar-refractivity contribution in [1.82, 2.24) is 4.98 Å². The first-order valence-corrected chi connectivity index (χ1v) is 8.84. The lowest BCUT2D eigenvalue weighted by Gasteiger charge is -2.16. The van der Waals surface area contributed by atoms with E-state index in [1.165, 1.54) is 28.8 Å². The molecule has 0 aliphatic carbocycles. The number of nitro benzene ring substituents is 1. The Bertz CT molecular complexity index is 860. The molecule has 1 heterocycles. The Balaban J connectivity index is 1.64. The van der Waals surface area contributed by atoms with Crippen LogP contribution in [-0.4, -0.2) is 28.6 Å². The molecule has 0 radical (unpaired) electrons. The van der Waals surface area contributed by atoms with E-state index < -0.39 is 4.92 Å². The van der Waals surface area contributed by atoms with Crippen LogP contribution in [0, 0.1) is 10.1 Å². The zero-order valence-electron chi connectivity index (χ0n) is 12.7. The number of carbonyl (C=O) groups is 1. The van der Waals surface area contributed by atoms with Gasteiger partial charge in [-0.2, -0.15) is 0 Å². The molecular weight excluding hydrogens is 346 g/mol. The van der Waals surface area contributed by atoms with Gasteiger partial charge in [0.15, 0.2) is 4.34 Å². The Morgan fingerprint density at radius 3 is 2.62 bits per heavy atom. The smallest absolute Gasteiger partial charge is 0.269 e. The van der Waals surface area contributed by atoms with Gasteiger partial charge >= 0.3 is 0 Å². The van der Waals surface area contributed by atoms with Crippen LogP contribution in [0.2, 0.25) is 0 Å². The minimum Gasteiger partial charge on any atom is -0.315 e. The largest absolute Gasteiger partial charge is 0.315 e. The third kappa shape index (κ3) is 3.55. The number of anilines is 1. The highest BCUT2D eigenvalue weighted by Crippen LogP contribution is 2.29. The predicted octanol–water partition coefficient (Wildman–Crippen LogP) is 3.96. The minimum atomic E-state index is -0.464. The number of carbonyl (C=O) groups excluding carboxylic acids is 1. The van der Waals surface area contributed by atoms with Crippen molar-refractivity contribution in [2.75, 3.05) is 17.7 Å². The van der Waals surface area contributed by atoms with Crippen LogP contribution >= 0.6 is 23.1 Å². The molecule has 0 bridgehead atoms. The number of thioether (sulfide) groups is 1. The van der Waals surface area contributed by atoms with Crippen molar-refractivity contribution in [3.05, 3.63) is 58.6 Å². The van der Waals surface area contributed by atoms with Gasteiger partial charge in [0.1, 0.15) is 0 Å². The van der Waals surface area contributed by atoms with Gasteiger partial charge in [0, 0.05) is 24.9 Å². The lowest BCUT2D eigenvalue weighted by atomic mass is 10.2. The molecule has 0 N–H and O–H groups in total. The summed E-state index contributed by atoms with van der Waals surface area (Å²) in [7, 11) is 1.66. The number of non-ortho nitro benzene ring substituents is 1. The molecule has 1 aromatic heterocycles. The number of nitro groups is 1. The number of rotatable bonds is 5. The molecule has 0 atom stereocenters. The number of hydrogen-bond donors (Lipinski definition) is 0. The molecule has 1 amide bonds. The van der Waals surface area contributed by atoms with E-state index in [0.29, 0.717) is 5.69 Å². The van der Waals surface area contributed by atoms with Crippen LogP contribution in [-0.2, 0) is 4.79 Å². The van der Waals surface area contributed by atoms with Crippen molar-refractivity contribution >= 4 is 50.6 Å². The maximum Gasteiger partial charge on any atom is 0.269 e. The highest BCUT2D eigenvalue weighted by molar-refractivity contribution is 8.01. The second kappa shape index (κ2) is 6.98. The highest BCUT2D eigenvalue weighted by Gasteiger charge is 2.14. The van der Waals surface area contributed by atoms with Gasteiger partial charge in [-0.3, -0.25) is 14.9 Å². The summed E-state index contributed by atoms with van der Waals surface area (Å²) in [5, 5.41) is 10.7. The Morgan fingerprint density at radius 1 is 1.25 bits per heavy atom. The maximum atomic E-state index is 12.3. The Morgan fingerprint density at radius 2 is 1.96 bits per heavy atom. The lowest BCUT2D eigenvalue weighted by Crippen LogP contribution is -2.27. The van der Waals surface area contributed by atoms with Crippen LogP contribution in [0.15, 0.2) is 52.9 Å². The monoisotopic (exact) mass is 359 g/mol. The fourth-order valence-corrected chi connectivity index (χ4v) is 4.06. The van der Waals surface area contributed by atoms with Crippen LogP contribution in [0.3, 0.4) is 0 Å². The van der Waals surface area contributed by atoms with Crippen LogP contribution < -0.4 is 4.90 Å². The van der Waals surface area contributed by atoms with Crippen molar-refractivity contribution in [3.63, 3.8) is 0 Å². The number of hydrogen-bond acceptors (Lipinski definition) is 6. The number of fused-ring (bicyclic) bond motifs is 1. The third-order valence-corrected chi connectivity index (χ3v) is 5.58. The number of para-hydroxylation sites is 1. The summed E-state index contributed by atoms with van der Waals surface area (Å²) >= 11 is 2.95. The quantitative estimate of drug-likeness (QED) is 0.391. The van der Waals surface area contributed by atoms with E-state index in [2.05, 4.69) is 4.98 Å². The summed E-state index contributed by atoms with van der Waals surface area (Å²) in [4.78, 5) is 28.5. The van der Waals surface area contributed by atoms with Crippen molar-refractivity contribution in [3.8, 4) is 0 Å². The molecule has 8 heteroatoms.